The van der Waals surface area contributed by atoms with Crippen LogP contribution in [0, 0.1) is 6.92 Å². The first-order valence-corrected chi connectivity index (χ1v) is 4.98. The Kier molecular flexibility index (Phi) is 2.87. The van der Waals surface area contributed by atoms with Crippen molar-refractivity contribution in [2.75, 3.05) is 5.32 Å². The molecule has 0 aliphatic carbocycles. The Balaban J connectivity index is 2.18. The van der Waals surface area contributed by atoms with Gasteiger partial charge in [0.05, 0.1) is 11.3 Å². The van der Waals surface area contributed by atoms with Gasteiger partial charge in [0.1, 0.15) is 11.0 Å². The zero-order valence-corrected chi connectivity index (χ0v) is 9.25. The average molecular weight is 237 g/mol. The average Bonchev–Trinajstić information content (AvgIpc) is 2.64. The van der Waals surface area contributed by atoms with E-state index in [2.05, 4.69) is 20.5 Å². The number of hydrogen-bond acceptors (Lipinski definition) is 3. The van der Waals surface area contributed by atoms with Crippen molar-refractivity contribution in [2.45, 2.75) is 6.92 Å². The number of amides is 1. The Morgan fingerprint density at radius 1 is 1.56 bits per heavy atom. The summed E-state index contributed by atoms with van der Waals surface area (Å²) in [6, 6.07) is 4.98. The minimum absolute atomic E-state index is 0.177. The molecule has 0 aromatic carbocycles. The number of halogens is 1. The molecule has 0 aliphatic heterocycles. The van der Waals surface area contributed by atoms with E-state index in [0.717, 1.165) is 5.69 Å². The van der Waals surface area contributed by atoms with Crippen molar-refractivity contribution in [3.05, 3.63) is 40.8 Å². The van der Waals surface area contributed by atoms with Crippen molar-refractivity contribution in [1.29, 1.82) is 0 Å². The lowest BCUT2D eigenvalue weighted by atomic mass is 10.2. The Hall–Kier alpha value is -1.88. The predicted octanol–water partition coefficient (Wildman–Crippen LogP) is 2.02. The Morgan fingerprint density at radius 2 is 2.38 bits per heavy atom. The van der Waals surface area contributed by atoms with E-state index in [-0.39, 0.29) is 11.1 Å². The second-order valence-electron chi connectivity index (χ2n) is 3.22. The second-order valence-corrected chi connectivity index (χ2v) is 3.58. The molecule has 6 heteroatoms. The summed E-state index contributed by atoms with van der Waals surface area (Å²) in [7, 11) is 0. The molecule has 2 aromatic rings. The molecule has 1 amide bonds. The molecule has 0 bridgehead atoms. The van der Waals surface area contributed by atoms with Crippen LogP contribution in [0.1, 0.15) is 16.1 Å². The SMILES string of the molecule is Cc1cc(NC(=O)c2cccnc2Cl)[nH]n1. The van der Waals surface area contributed by atoms with Crippen LogP contribution in [0.4, 0.5) is 5.82 Å². The van der Waals surface area contributed by atoms with E-state index >= 15 is 0 Å². The van der Waals surface area contributed by atoms with E-state index in [1.54, 1.807) is 18.2 Å². The third-order valence-electron chi connectivity index (χ3n) is 1.96. The van der Waals surface area contributed by atoms with Crippen LogP contribution in [0.5, 0.6) is 0 Å². The Labute approximate surface area is 96.8 Å². The Bertz CT molecular complexity index is 523. The highest BCUT2D eigenvalue weighted by atomic mass is 35.5. The number of aromatic nitrogens is 3. The van der Waals surface area contributed by atoms with Crippen LogP contribution in [-0.4, -0.2) is 21.1 Å². The quantitative estimate of drug-likeness (QED) is 0.784. The van der Waals surface area contributed by atoms with Gasteiger partial charge in [0.15, 0.2) is 0 Å². The van der Waals surface area contributed by atoms with E-state index in [1.807, 2.05) is 6.92 Å². The molecule has 0 atom stereocenters. The number of anilines is 1. The van der Waals surface area contributed by atoms with E-state index in [1.165, 1.54) is 6.20 Å². The summed E-state index contributed by atoms with van der Waals surface area (Å²) in [5.74, 6) is 0.212. The first-order chi connectivity index (χ1) is 7.66. The number of carbonyl (C=O) groups is 1. The van der Waals surface area contributed by atoms with Crippen molar-refractivity contribution in [3.8, 4) is 0 Å². The van der Waals surface area contributed by atoms with Gasteiger partial charge >= 0.3 is 0 Å². The molecule has 0 saturated heterocycles. The van der Waals surface area contributed by atoms with Gasteiger partial charge in [-0.2, -0.15) is 5.10 Å². The highest BCUT2D eigenvalue weighted by molar-refractivity contribution is 6.33. The van der Waals surface area contributed by atoms with Crippen molar-refractivity contribution >= 4 is 23.3 Å². The summed E-state index contributed by atoms with van der Waals surface area (Å²) in [4.78, 5) is 15.6. The number of aromatic amines is 1. The van der Waals surface area contributed by atoms with Crippen LogP contribution in [0.3, 0.4) is 0 Å². The zero-order chi connectivity index (χ0) is 11.5. The number of carbonyl (C=O) groups excluding carboxylic acids is 1. The maximum atomic E-state index is 11.8. The number of H-pyrrole nitrogens is 1. The molecule has 0 radical (unpaired) electrons. The second kappa shape index (κ2) is 4.32. The number of pyridine rings is 1. The van der Waals surface area contributed by atoms with Gasteiger partial charge in [-0.25, -0.2) is 4.98 Å². The summed E-state index contributed by atoms with van der Waals surface area (Å²) >= 11 is 5.79. The van der Waals surface area contributed by atoms with Crippen LogP contribution in [0.25, 0.3) is 0 Å². The van der Waals surface area contributed by atoms with Gasteiger partial charge < -0.3 is 5.32 Å². The summed E-state index contributed by atoms with van der Waals surface area (Å²) in [5, 5.41) is 9.39. The Morgan fingerprint density at radius 3 is 3.00 bits per heavy atom. The molecule has 0 unspecified atom stereocenters. The number of hydrogen-bond donors (Lipinski definition) is 2. The van der Waals surface area contributed by atoms with Crippen LogP contribution in [0.2, 0.25) is 5.15 Å². The molecule has 82 valence electrons. The first-order valence-electron chi connectivity index (χ1n) is 4.60. The molecular formula is C10H9ClN4O. The fourth-order valence-corrected chi connectivity index (χ4v) is 1.44. The van der Waals surface area contributed by atoms with Gasteiger partial charge in [-0.1, -0.05) is 11.6 Å². The van der Waals surface area contributed by atoms with E-state index in [0.29, 0.717) is 11.4 Å². The monoisotopic (exact) mass is 236 g/mol. The number of aryl methyl sites for hydroxylation is 1. The van der Waals surface area contributed by atoms with E-state index < -0.39 is 0 Å². The van der Waals surface area contributed by atoms with Gasteiger partial charge in [0.2, 0.25) is 0 Å². The van der Waals surface area contributed by atoms with Crippen LogP contribution in [-0.2, 0) is 0 Å². The molecule has 5 nitrogen and oxygen atoms in total. The van der Waals surface area contributed by atoms with Gasteiger partial charge in [-0.3, -0.25) is 9.89 Å². The fraction of sp³-hybridized carbons (Fsp3) is 0.100. The van der Waals surface area contributed by atoms with Gasteiger partial charge in [-0.05, 0) is 19.1 Å². The predicted molar refractivity (Wildman–Crippen MR) is 60.5 cm³/mol. The minimum atomic E-state index is -0.318. The molecule has 0 spiro atoms. The molecule has 16 heavy (non-hydrogen) atoms. The van der Waals surface area contributed by atoms with Crippen molar-refractivity contribution < 1.29 is 4.79 Å². The maximum absolute atomic E-state index is 11.8. The number of nitrogens with one attached hydrogen (secondary N) is 2. The maximum Gasteiger partial charge on any atom is 0.259 e. The van der Waals surface area contributed by atoms with E-state index in [4.69, 9.17) is 11.6 Å². The summed E-state index contributed by atoms with van der Waals surface area (Å²) in [5.41, 5.74) is 1.13. The fourth-order valence-electron chi connectivity index (χ4n) is 1.23. The third-order valence-corrected chi connectivity index (χ3v) is 2.26. The van der Waals surface area contributed by atoms with Crippen LogP contribution in [0.15, 0.2) is 24.4 Å². The number of nitrogens with zero attached hydrogens (tertiary/aromatic N) is 2. The minimum Gasteiger partial charge on any atom is -0.307 e. The molecule has 2 N–H and O–H groups in total. The van der Waals surface area contributed by atoms with E-state index in [9.17, 15) is 4.79 Å². The van der Waals surface area contributed by atoms with Crippen LogP contribution >= 0.6 is 11.6 Å². The van der Waals surface area contributed by atoms with Gasteiger partial charge in [-0.15, -0.1) is 0 Å². The summed E-state index contributed by atoms with van der Waals surface area (Å²) in [6.45, 7) is 1.82. The molecule has 2 rings (SSSR count). The van der Waals surface area contributed by atoms with Crippen LogP contribution < -0.4 is 5.32 Å². The third kappa shape index (κ3) is 2.20. The van der Waals surface area contributed by atoms with Crippen molar-refractivity contribution in [1.82, 2.24) is 15.2 Å². The molecule has 2 aromatic heterocycles. The smallest absolute Gasteiger partial charge is 0.259 e. The lowest BCUT2D eigenvalue weighted by molar-refractivity contribution is 0.102. The van der Waals surface area contributed by atoms with Crippen molar-refractivity contribution in [3.63, 3.8) is 0 Å². The highest BCUT2D eigenvalue weighted by Crippen LogP contribution is 2.13. The normalized spacial score (nSPS) is 10.1. The highest BCUT2D eigenvalue weighted by Gasteiger charge is 2.11. The number of rotatable bonds is 2. The van der Waals surface area contributed by atoms with Gasteiger partial charge in [0.25, 0.3) is 5.91 Å². The lowest BCUT2D eigenvalue weighted by Crippen LogP contribution is -2.13. The molecule has 2 heterocycles. The standard InChI is InChI=1S/C10H9ClN4O/c1-6-5-8(15-14-6)13-10(16)7-3-2-4-12-9(7)11/h2-5H,1H3,(H2,13,14,15,16). The molecule has 0 aliphatic rings. The topological polar surface area (TPSA) is 70.7 Å². The molecular weight excluding hydrogens is 228 g/mol. The summed E-state index contributed by atoms with van der Waals surface area (Å²) < 4.78 is 0. The van der Waals surface area contributed by atoms with Crippen molar-refractivity contribution in [2.24, 2.45) is 0 Å². The first kappa shape index (κ1) is 10.6. The lowest BCUT2D eigenvalue weighted by Gasteiger charge is -2.02. The molecule has 0 saturated carbocycles. The van der Waals surface area contributed by atoms with Gasteiger partial charge in [0, 0.05) is 12.3 Å². The summed E-state index contributed by atoms with van der Waals surface area (Å²) in [6.07, 6.45) is 1.53. The zero-order valence-electron chi connectivity index (χ0n) is 8.49. The largest absolute Gasteiger partial charge is 0.307 e. The molecule has 0 fully saturated rings.